The minimum atomic E-state index is -0.0405. The second-order valence-electron chi connectivity index (χ2n) is 8.00. The van der Waals surface area contributed by atoms with Crippen LogP contribution in [0.25, 0.3) is 0 Å². The van der Waals surface area contributed by atoms with Gasteiger partial charge in [-0.15, -0.1) is 5.10 Å². The van der Waals surface area contributed by atoms with Crippen LogP contribution in [0, 0.1) is 0 Å². The average molecular weight is 393 g/mol. The number of aryl methyl sites for hydroxylation is 2. The molecule has 1 N–H and O–H groups in total. The summed E-state index contributed by atoms with van der Waals surface area (Å²) in [5.41, 5.74) is 3.17. The molecular weight excluding hydrogens is 364 g/mol. The van der Waals surface area contributed by atoms with E-state index in [1.807, 2.05) is 18.2 Å². The van der Waals surface area contributed by atoms with Crippen molar-refractivity contribution in [2.75, 3.05) is 18.0 Å². The highest BCUT2D eigenvalue weighted by Crippen LogP contribution is 2.24. The number of fused-ring (bicyclic) bond motifs is 1. The van der Waals surface area contributed by atoms with Gasteiger partial charge in [0, 0.05) is 37.5 Å². The Balaban J connectivity index is 1.22. The fourth-order valence-corrected chi connectivity index (χ4v) is 4.18. The first-order valence-corrected chi connectivity index (χ1v) is 10.7. The van der Waals surface area contributed by atoms with Crippen molar-refractivity contribution in [3.05, 3.63) is 53.2 Å². The molecule has 4 rings (SSSR count). The summed E-state index contributed by atoms with van der Waals surface area (Å²) in [6.45, 7) is 1.72. The fourth-order valence-electron chi connectivity index (χ4n) is 4.18. The molecule has 1 fully saturated rings. The van der Waals surface area contributed by atoms with Crippen LogP contribution in [0.2, 0.25) is 0 Å². The Hall–Kier alpha value is -2.76. The molecule has 0 bridgehead atoms. The lowest BCUT2D eigenvalue weighted by Crippen LogP contribution is -2.45. The number of Topliss-reactive ketones (excluding diaryl/α,β-unsaturated/α-hetero) is 1. The third kappa shape index (κ3) is 5.00. The van der Waals surface area contributed by atoms with Crippen molar-refractivity contribution in [3.63, 3.8) is 0 Å². The molecule has 1 saturated heterocycles. The number of nitrogens with zero attached hydrogens (tertiary/aromatic N) is 3. The minimum Gasteiger partial charge on any atom is -0.355 e. The lowest BCUT2D eigenvalue weighted by Gasteiger charge is -2.33. The lowest BCUT2D eigenvalue weighted by atomic mass is 9.96. The van der Waals surface area contributed by atoms with Crippen LogP contribution in [0.5, 0.6) is 0 Å². The number of aromatic nitrogens is 2. The molecule has 2 aliphatic rings. The Bertz CT molecular complexity index is 860. The molecule has 1 amide bonds. The monoisotopic (exact) mass is 392 g/mol. The maximum atomic E-state index is 12.3. The molecule has 6 heteroatoms. The SMILES string of the molecule is O=C(CCC(=O)c1ccccc1)NC1CCN(c2cc3c(nn2)CCCC3)CC1. The molecule has 1 aromatic carbocycles. The summed E-state index contributed by atoms with van der Waals surface area (Å²) in [5.74, 6) is 0.937. The minimum absolute atomic E-state index is 0.0153. The summed E-state index contributed by atoms with van der Waals surface area (Å²) in [5, 5.41) is 12.0. The summed E-state index contributed by atoms with van der Waals surface area (Å²) in [6, 6.07) is 11.5. The number of rotatable bonds is 6. The fraction of sp³-hybridized carbons (Fsp3) is 0.478. The summed E-state index contributed by atoms with van der Waals surface area (Å²) in [4.78, 5) is 26.7. The molecule has 2 heterocycles. The van der Waals surface area contributed by atoms with E-state index in [0.717, 1.165) is 50.3 Å². The van der Waals surface area contributed by atoms with Crippen molar-refractivity contribution in [2.45, 2.75) is 57.4 Å². The van der Waals surface area contributed by atoms with Crippen molar-refractivity contribution in [1.29, 1.82) is 0 Å². The van der Waals surface area contributed by atoms with Crippen LogP contribution in [0.15, 0.2) is 36.4 Å². The molecular formula is C23H28N4O2. The number of piperidine rings is 1. The molecule has 0 radical (unpaired) electrons. The Kier molecular flexibility index (Phi) is 6.17. The highest BCUT2D eigenvalue weighted by molar-refractivity contribution is 5.97. The van der Waals surface area contributed by atoms with Crippen LogP contribution in [0.4, 0.5) is 5.82 Å². The smallest absolute Gasteiger partial charge is 0.220 e. The van der Waals surface area contributed by atoms with Crippen molar-refractivity contribution >= 4 is 17.5 Å². The standard InChI is InChI=1S/C23H28N4O2/c28-21(17-6-2-1-3-7-17)10-11-23(29)24-19-12-14-27(15-13-19)22-16-18-8-4-5-9-20(18)25-26-22/h1-3,6-7,16,19H,4-5,8-15H2,(H,24,29). The Morgan fingerprint density at radius 1 is 1.00 bits per heavy atom. The van der Waals surface area contributed by atoms with Crippen LogP contribution in [-0.4, -0.2) is 41.0 Å². The van der Waals surface area contributed by atoms with Crippen molar-refractivity contribution < 1.29 is 9.59 Å². The molecule has 29 heavy (non-hydrogen) atoms. The van der Waals surface area contributed by atoms with E-state index in [1.165, 1.54) is 18.4 Å². The Labute approximate surface area is 171 Å². The van der Waals surface area contributed by atoms with Crippen molar-refractivity contribution in [1.82, 2.24) is 15.5 Å². The second kappa shape index (κ2) is 9.16. The van der Waals surface area contributed by atoms with Crippen LogP contribution >= 0.6 is 0 Å². The molecule has 2 aromatic rings. The molecule has 0 saturated carbocycles. The molecule has 1 aromatic heterocycles. The number of hydrogen-bond donors (Lipinski definition) is 1. The quantitative estimate of drug-likeness (QED) is 0.765. The van der Waals surface area contributed by atoms with Crippen LogP contribution < -0.4 is 10.2 Å². The van der Waals surface area contributed by atoms with E-state index in [4.69, 9.17) is 0 Å². The van der Waals surface area contributed by atoms with E-state index < -0.39 is 0 Å². The van der Waals surface area contributed by atoms with E-state index in [0.29, 0.717) is 5.56 Å². The van der Waals surface area contributed by atoms with Gasteiger partial charge in [-0.1, -0.05) is 30.3 Å². The number of amides is 1. The molecule has 6 nitrogen and oxygen atoms in total. The van der Waals surface area contributed by atoms with E-state index in [9.17, 15) is 9.59 Å². The van der Waals surface area contributed by atoms with Gasteiger partial charge in [-0.05, 0) is 50.2 Å². The van der Waals surface area contributed by atoms with E-state index in [1.54, 1.807) is 12.1 Å². The molecule has 152 valence electrons. The number of carbonyl (C=O) groups is 2. The van der Waals surface area contributed by atoms with E-state index in [2.05, 4.69) is 26.5 Å². The molecule has 1 aliphatic carbocycles. The second-order valence-corrected chi connectivity index (χ2v) is 8.00. The highest BCUT2D eigenvalue weighted by atomic mass is 16.2. The van der Waals surface area contributed by atoms with E-state index in [-0.39, 0.29) is 30.6 Å². The summed E-state index contributed by atoms with van der Waals surface area (Å²) in [7, 11) is 0. The first-order chi connectivity index (χ1) is 14.2. The zero-order valence-corrected chi connectivity index (χ0v) is 16.8. The van der Waals surface area contributed by atoms with E-state index >= 15 is 0 Å². The van der Waals surface area contributed by atoms with Gasteiger partial charge in [-0.25, -0.2) is 0 Å². The van der Waals surface area contributed by atoms with Gasteiger partial charge in [0.2, 0.25) is 5.91 Å². The van der Waals surface area contributed by atoms with Gasteiger partial charge < -0.3 is 10.2 Å². The largest absolute Gasteiger partial charge is 0.355 e. The average Bonchev–Trinajstić information content (AvgIpc) is 2.78. The van der Waals surface area contributed by atoms with Gasteiger partial charge in [0.15, 0.2) is 11.6 Å². The van der Waals surface area contributed by atoms with Gasteiger partial charge in [0.05, 0.1) is 5.69 Å². The van der Waals surface area contributed by atoms with Gasteiger partial charge in [-0.3, -0.25) is 9.59 Å². The molecule has 0 atom stereocenters. The molecule has 1 aliphatic heterocycles. The van der Waals surface area contributed by atoms with Crippen LogP contribution in [-0.2, 0) is 17.6 Å². The maximum Gasteiger partial charge on any atom is 0.220 e. The number of benzene rings is 1. The van der Waals surface area contributed by atoms with Gasteiger partial charge in [0.1, 0.15) is 0 Å². The van der Waals surface area contributed by atoms with Gasteiger partial charge in [0.25, 0.3) is 0 Å². The normalized spacial score (nSPS) is 16.9. The van der Waals surface area contributed by atoms with Crippen molar-refractivity contribution in [3.8, 4) is 0 Å². The summed E-state index contributed by atoms with van der Waals surface area (Å²) in [6.07, 6.45) is 6.86. The first kappa shape index (κ1) is 19.6. The third-order valence-electron chi connectivity index (χ3n) is 5.92. The highest BCUT2D eigenvalue weighted by Gasteiger charge is 2.23. The molecule has 0 unspecified atom stereocenters. The number of ketones is 1. The predicted octanol–water partition coefficient (Wildman–Crippen LogP) is 3.10. The lowest BCUT2D eigenvalue weighted by molar-refractivity contribution is -0.121. The number of hydrogen-bond acceptors (Lipinski definition) is 5. The number of anilines is 1. The van der Waals surface area contributed by atoms with Gasteiger partial charge >= 0.3 is 0 Å². The summed E-state index contributed by atoms with van der Waals surface area (Å²) >= 11 is 0. The summed E-state index contributed by atoms with van der Waals surface area (Å²) < 4.78 is 0. The Morgan fingerprint density at radius 2 is 1.76 bits per heavy atom. The topological polar surface area (TPSA) is 75.2 Å². The number of carbonyl (C=O) groups excluding carboxylic acids is 2. The third-order valence-corrected chi connectivity index (χ3v) is 5.92. The van der Waals surface area contributed by atoms with Crippen molar-refractivity contribution in [2.24, 2.45) is 0 Å². The zero-order chi connectivity index (χ0) is 20.1. The number of nitrogens with one attached hydrogen (secondary N) is 1. The first-order valence-electron chi connectivity index (χ1n) is 10.7. The molecule has 0 spiro atoms. The van der Waals surface area contributed by atoms with Gasteiger partial charge in [-0.2, -0.15) is 5.10 Å². The maximum absolute atomic E-state index is 12.3. The van der Waals surface area contributed by atoms with Crippen LogP contribution in [0.1, 0.15) is 60.1 Å². The zero-order valence-electron chi connectivity index (χ0n) is 16.8. The predicted molar refractivity (Wildman–Crippen MR) is 112 cm³/mol. The Morgan fingerprint density at radius 3 is 2.55 bits per heavy atom. The van der Waals surface area contributed by atoms with Crippen LogP contribution in [0.3, 0.4) is 0 Å².